The van der Waals surface area contributed by atoms with Gasteiger partial charge >= 0.3 is 6.09 Å². The van der Waals surface area contributed by atoms with Crippen molar-refractivity contribution in [3.63, 3.8) is 0 Å². The number of halogens is 1. The number of nitrogens with one attached hydrogen (secondary N) is 1. The molecule has 0 radical (unpaired) electrons. The molecular formula is C19H29ClN4O4. The van der Waals surface area contributed by atoms with Gasteiger partial charge in [0.25, 0.3) is 0 Å². The lowest BCUT2D eigenvalue weighted by atomic mass is 10.2. The fourth-order valence-electron chi connectivity index (χ4n) is 2.79. The summed E-state index contributed by atoms with van der Waals surface area (Å²) in [5.74, 6) is 0. The Morgan fingerprint density at radius 2 is 1.89 bits per heavy atom. The summed E-state index contributed by atoms with van der Waals surface area (Å²) in [5, 5.41) is 3.90. The van der Waals surface area contributed by atoms with Crippen LogP contribution in [0, 0.1) is 0 Å². The summed E-state index contributed by atoms with van der Waals surface area (Å²) >= 11 is 6.26. The molecule has 0 aliphatic rings. The first-order valence-corrected chi connectivity index (χ1v) is 9.76. The Bertz CT molecular complexity index is 797. The molecule has 0 saturated heterocycles. The van der Waals surface area contributed by atoms with Gasteiger partial charge in [0.15, 0.2) is 6.29 Å². The molecule has 0 spiro atoms. The molecule has 1 unspecified atom stereocenters. The van der Waals surface area contributed by atoms with E-state index in [1.54, 1.807) is 0 Å². The maximum Gasteiger partial charge on any atom is 0.407 e. The van der Waals surface area contributed by atoms with E-state index in [-0.39, 0.29) is 6.04 Å². The molecule has 0 fully saturated rings. The summed E-state index contributed by atoms with van der Waals surface area (Å²) in [6.45, 7) is 12.6. The van der Waals surface area contributed by atoms with E-state index in [4.69, 9.17) is 25.8 Å². The minimum atomic E-state index is -0.575. The van der Waals surface area contributed by atoms with E-state index in [2.05, 4.69) is 15.3 Å². The maximum absolute atomic E-state index is 12.1. The van der Waals surface area contributed by atoms with Crippen LogP contribution in [-0.4, -0.2) is 45.5 Å². The van der Waals surface area contributed by atoms with E-state index >= 15 is 0 Å². The molecule has 0 aromatic carbocycles. The smallest absolute Gasteiger partial charge is 0.407 e. The topological polar surface area (TPSA) is 87.5 Å². The van der Waals surface area contributed by atoms with Gasteiger partial charge in [-0.15, -0.1) is 0 Å². The molecule has 2 aromatic heterocycles. The SMILES string of the molecule is CCOC(OCC)c1cc2c(Cl)ncnc2n1CC(C)NC(=O)OC(C)(C)C. The van der Waals surface area contributed by atoms with E-state index in [0.717, 1.165) is 5.69 Å². The molecule has 1 atom stereocenters. The zero-order chi connectivity index (χ0) is 20.9. The van der Waals surface area contributed by atoms with Crippen molar-refractivity contribution in [3.8, 4) is 0 Å². The second-order valence-corrected chi connectivity index (χ2v) is 7.73. The molecular weight excluding hydrogens is 384 g/mol. The first-order valence-electron chi connectivity index (χ1n) is 9.38. The van der Waals surface area contributed by atoms with Gasteiger partial charge in [0.1, 0.15) is 22.7 Å². The molecule has 1 amide bonds. The van der Waals surface area contributed by atoms with Crippen LogP contribution in [0.4, 0.5) is 4.79 Å². The van der Waals surface area contributed by atoms with Gasteiger partial charge in [0.2, 0.25) is 0 Å². The Labute approximate surface area is 170 Å². The van der Waals surface area contributed by atoms with E-state index in [1.807, 2.05) is 52.2 Å². The third kappa shape index (κ3) is 5.80. The Morgan fingerprint density at radius 1 is 1.25 bits per heavy atom. The van der Waals surface area contributed by atoms with Gasteiger partial charge in [-0.1, -0.05) is 11.6 Å². The standard InChI is InChI=1S/C19H29ClN4O4/c1-7-26-17(27-8-2)14-9-13-15(20)21-11-22-16(13)24(14)10-12(3)23-18(25)28-19(4,5)6/h9,11-12,17H,7-8,10H2,1-6H3,(H,23,25). The van der Waals surface area contributed by atoms with Gasteiger partial charge < -0.3 is 24.1 Å². The van der Waals surface area contributed by atoms with Crippen LogP contribution in [0.15, 0.2) is 12.4 Å². The number of ether oxygens (including phenoxy) is 3. The van der Waals surface area contributed by atoms with Crippen LogP contribution in [0.5, 0.6) is 0 Å². The van der Waals surface area contributed by atoms with Crippen molar-refractivity contribution < 1.29 is 19.0 Å². The Morgan fingerprint density at radius 3 is 2.46 bits per heavy atom. The largest absolute Gasteiger partial charge is 0.444 e. The van der Waals surface area contributed by atoms with Crippen molar-refractivity contribution in [1.29, 1.82) is 0 Å². The first-order chi connectivity index (χ1) is 13.2. The zero-order valence-electron chi connectivity index (χ0n) is 17.3. The highest BCUT2D eigenvalue weighted by atomic mass is 35.5. The number of fused-ring (bicyclic) bond motifs is 1. The number of hydrogen-bond donors (Lipinski definition) is 1. The lowest BCUT2D eigenvalue weighted by Crippen LogP contribution is -2.40. The highest BCUT2D eigenvalue weighted by molar-refractivity contribution is 6.33. The van der Waals surface area contributed by atoms with Crippen LogP contribution in [0.1, 0.15) is 53.5 Å². The number of nitrogens with zero attached hydrogens (tertiary/aromatic N) is 3. The molecule has 0 aliphatic carbocycles. The van der Waals surface area contributed by atoms with Crippen molar-refractivity contribution in [2.45, 2.75) is 66.0 Å². The van der Waals surface area contributed by atoms with Crippen LogP contribution in [-0.2, 0) is 20.8 Å². The molecule has 0 aliphatic heterocycles. The molecule has 2 rings (SSSR count). The maximum atomic E-state index is 12.1. The molecule has 28 heavy (non-hydrogen) atoms. The van der Waals surface area contributed by atoms with Gasteiger partial charge in [0.05, 0.1) is 11.1 Å². The van der Waals surface area contributed by atoms with Gasteiger partial charge in [0, 0.05) is 25.8 Å². The normalized spacial score (nSPS) is 13.1. The molecule has 0 bridgehead atoms. The number of aromatic nitrogens is 3. The molecule has 2 aromatic rings. The van der Waals surface area contributed by atoms with Gasteiger partial charge in [-0.2, -0.15) is 0 Å². The predicted octanol–water partition coefficient (Wildman–Crippen LogP) is 4.07. The second-order valence-electron chi connectivity index (χ2n) is 7.37. The molecule has 9 heteroatoms. The summed E-state index contributed by atoms with van der Waals surface area (Å²) in [6, 6.07) is 1.63. The molecule has 1 N–H and O–H groups in total. The quantitative estimate of drug-likeness (QED) is 0.519. The fraction of sp³-hybridized carbons (Fsp3) is 0.632. The third-order valence-corrected chi connectivity index (χ3v) is 4.07. The molecule has 2 heterocycles. The zero-order valence-corrected chi connectivity index (χ0v) is 18.0. The van der Waals surface area contributed by atoms with Crippen molar-refractivity contribution in [1.82, 2.24) is 19.9 Å². The van der Waals surface area contributed by atoms with Crippen molar-refractivity contribution in [3.05, 3.63) is 23.2 Å². The van der Waals surface area contributed by atoms with E-state index in [1.165, 1.54) is 6.33 Å². The molecule has 0 saturated carbocycles. The van der Waals surface area contributed by atoms with Crippen molar-refractivity contribution in [2.75, 3.05) is 13.2 Å². The van der Waals surface area contributed by atoms with Crippen molar-refractivity contribution in [2.24, 2.45) is 0 Å². The summed E-state index contributed by atoms with van der Waals surface area (Å²) < 4.78 is 18.8. The number of amides is 1. The minimum Gasteiger partial charge on any atom is -0.444 e. The highest BCUT2D eigenvalue weighted by Crippen LogP contribution is 2.29. The van der Waals surface area contributed by atoms with Gasteiger partial charge in [-0.05, 0) is 47.6 Å². The predicted molar refractivity (Wildman–Crippen MR) is 107 cm³/mol. The van der Waals surface area contributed by atoms with Crippen LogP contribution >= 0.6 is 11.6 Å². The van der Waals surface area contributed by atoms with Crippen LogP contribution in [0.3, 0.4) is 0 Å². The third-order valence-electron chi connectivity index (χ3n) is 3.77. The van der Waals surface area contributed by atoms with E-state index in [9.17, 15) is 4.79 Å². The van der Waals surface area contributed by atoms with E-state index < -0.39 is 18.0 Å². The average Bonchev–Trinajstić information content (AvgIpc) is 2.92. The Balaban J connectivity index is 2.34. The number of carbonyl (C=O) groups is 1. The summed E-state index contributed by atoms with van der Waals surface area (Å²) in [7, 11) is 0. The number of alkyl carbamates (subject to hydrolysis) is 1. The number of carbonyl (C=O) groups excluding carboxylic acids is 1. The lowest BCUT2D eigenvalue weighted by molar-refractivity contribution is -0.144. The highest BCUT2D eigenvalue weighted by Gasteiger charge is 2.24. The van der Waals surface area contributed by atoms with Crippen LogP contribution < -0.4 is 5.32 Å². The second kappa shape index (κ2) is 9.54. The van der Waals surface area contributed by atoms with Gasteiger partial charge in [-0.25, -0.2) is 14.8 Å². The monoisotopic (exact) mass is 412 g/mol. The first kappa shape index (κ1) is 22.4. The van der Waals surface area contributed by atoms with Crippen molar-refractivity contribution >= 4 is 28.7 Å². The Hall–Kier alpha value is -1.90. The number of hydrogen-bond acceptors (Lipinski definition) is 6. The summed E-state index contributed by atoms with van der Waals surface area (Å²) in [5.41, 5.74) is 0.849. The number of rotatable bonds is 8. The molecule has 8 nitrogen and oxygen atoms in total. The summed E-state index contributed by atoms with van der Waals surface area (Å²) in [4.78, 5) is 20.5. The van der Waals surface area contributed by atoms with Crippen LogP contribution in [0.2, 0.25) is 5.15 Å². The average molecular weight is 413 g/mol. The van der Waals surface area contributed by atoms with Crippen LogP contribution in [0.25, 0.3) is 11.0 Å². The minimum absolute atomic E-state index is 0.234. The molecule has 156 valence electrons. The van der Waals surface area contributed by atoms with Gasteiger partial charge in [-0.3, -0.25) is 0 Å². The summed E-state index contributed by atoms with van der Waals surface area (Å²) in [6.07, 6.45) is 0.360. The fourth-order valence-corrected chi connectivity index (χ4v) is 2.97. The Kier molecular flexibility index (Phi) is 7.63. The lowest BCUT2D eigenvalue weighted by Gasteiger charge is -2.24. The van der Waals surface area contributed by atoms with E-state index in [0.29, 0.717) is 35.9 Å².